The molecule has 0 radical (unpaired) electrons. The number of carbonyl (C=O) groups excluding carboxylic acids is 2. The number of nitrogens with two attached hydrogens (primary N) is 2. The zero-order valence-corrected chi connectivity index (χ0v) is 24.6. The molecular weight excluding hydrogens is 548 g/mol. The van der Waals surface area contributed by atoms with Gasteiger partial charge in [0.15, 0.2) is 5.96 Å². The predicted molar refractivity (Wildman–Crippen MR) is 156 cm³/mol. The first-order valence-corrected chi connectivity index (χ1v) is 14.6. The highest BCUT2D eigenvalue weighted by molar-refractivity contribution is 7.93. The predicted octanol–water partition coefficient (Wildman–Crippen LogP) is 1.13. The van der Waals surface area contributed by atoms with E-state index in [9.17, 15) is 27.9 Å². The number of amides is 2. The average molecular weight is 589 g/mol. The van der Waals surface area contributed by atoms with Gasteiger partial charge in [0.2, 0.25) is 21.7 Å². The number of aryl methyl sites for hydroxylation is 1. The van der Waals surface area contributed by atoms with Gasteiger partial charge in [-0.1, -0.05) is 48.0 Å². The van der Waals surface area contributed by atoms with Crippen molar-refractivity contribution in [2.45, 2.75) is 68.3 Å². The molecule has 0 aliphatic heterocycles. The molecule has 0 saturated heterocycles. The van der Waals surface area contributed by atoms with Gasteiger partial charge in [-0.15, -0.1) is 0 Å². The Labute approximate surface area is 240 Å². The Hall–Kier alpha value is -3.97. The number of hydrogen-bond acceptors (Lipinski definition) is 7. The van der Waals surface area contributed by atoms with E-state index in [4.69, 9.17) is 16.9 Å². The van der Waals surface area contributed by atoms with Gasteiger partial charge in [0, 0.05) is 18.5 Å². The van der Waals surface area contributed by atoms with Crippen molar-refractivity contribution in [1.82, 2.24) is 15.5 Å². The Bertz CT molecular complexity index is 1340. The van der Waals surface area contributed by atoms with Crippen LogP contribution in [0.3, 0.4) is 0 Å². The molecule has 12 nitrogen and oxygen atoms in total. The van der Waals surface area contributed by atoms with Gasteiger partial charge in [-0.3, -0.25) is 15.0 Å². The van der Waals surface area contributed by atoms with Crippen molar-refractivity contribution in [3.05, 3.63) is 65.7 Å². The second-order valence-electron chi connectivity index (χ2n) is 10.8. The molecule has 0 aromatic heterocycles. The molecule has 0 spiro atoms. The fraction of sp³-hybridized carbons (Fsp3) is 0.429. The molecule has 2 aromatic rings. The monoisotopic (exact) mass is 588 g/mol. The maximum absolute atomic E-state index is 14.3. The summed E-state index contributed by atoms with van der Waals surface area (Å²) in [7, 11) is -4.75. The van der Waals surface area contributed by atoms with Gasteiger partial charge in [0.05, 0.1) is 17.5 Å². The SMILES string of the molecule is Cc1ccc(S(=O)(=O)[C@@](Cc2ccccc2)(C(=O)O)N(C(=O)CNC(=O)[C@@H](N)CCCNC(=N)N)C(C)(C)C)cc1. The van der Waals surface area contributed by atoms with E-state index in [2.05, 4.69) is 10.6 Å². The lowest BCUT2D eigenvalue weighted by atomic mass is 9.96. The number of carboxylic acids is 1. The molecule has 0 unspecified atom stereocenters. The molecule has 0 bridgehead atoms. The highest BCUT2D eigenvalue weighted by Gasteiger charge is 2.60. The van der Waals surface area contributed by atoms with E-state index in [0.717, 1.165) is 10.5 Å². The number of rotatable bonds is 13. The zero-order valence-electron chi connectivity index (χ0n) is 23.8. The Morgan fingerprint density at radius 2 is 1.61 bits per heavy atom. The summed E-state index contributed by atoms with van der Waals surface area (Å²) in [6.07, 6.45) is 0.0986. The van der Waals surface area contributed by atoms with Gasteiger partial charge >= 0.3 is 5.97 Å². The molecule has 2 atom stereocenters. The second kappa shape index (κ2) is 13.6. The lowest BCUT2D eigenvalue weighted by Crippen LogP contribution is -2.69. The second-order valence-corrected chi connectivity index (χ2v) is 12.9. The summed E-state index contributed by atoms with van der Waals surface area (Å²) in [6.45, 7) is 6.02. The summed E-state index contributed by atoms with van der Waals surface area (Å²) < 4.78 is 28.7. The number of nitrogens with one attached hydrogen (secondary N) is 3. The normalized spacial score (nSPS) is 13.9. The summed E-state index contributed by atoms with van der Waals surface area (Å²) in [4.78, 5) is 37.5. The van der Waals surface area contributed by atoms with E-state index in [-0.39, 0.29) is 17.3 Å². The van der Waals surface area contributed by atoms with Crippen LogP contribution in [0.2, 0.25) is 0 Å². The maximum atomic E-state index is 14.3. The lowest BCUT2D eigenvalue weighted by Gasteiger charge is -2.47. The van der Waals surface area contributed by atoms with Crippen LogP contribution in [0.5, 0.6) is 0 Å². The van der Waals surface area contributed by atoms with Crippen LogP contribution in [-0.4, -0.2) is 71.7 Å². The van der Waals surface area contributed by atoms with Crippen LogP contribution in [0.15, 0.2) is 59.5 Å². The minimum atomic E-state index is -4.75. The molecule has 41 heavy (non-hydrogen) atoms. The Morgan fingerprint density at radius 3 is 2.12 bits per heavy atom. The number of aliphatic carboxylic acids is 1. The van der Waals surface area contributed by atoms with E-state index >= 15 is 0 Å². The van der Waals surface area contributed by atoms with Gasteiger partial charge in [0.25, 0.3) is 4.87 Å². The minimum Gasteiger partial charge on any atom is -0.479 e. The number of carbonyl (C=O) groups is 3. The summed E-state index contributed by atoms with van der Waals surface area (Å²) in [5.74, 6) is -3.52. The number of carboxylic acid groups (broad SMARTS) is 1. The van der Waals surface area contributed by atoms with E-state index < -0.39 is 57.0 Å². The quantitative estimate of drug-likeness (QED) is 0.112. The highest BCUT2D eigenvalue weighted by Crippen LogP contribution is 2.38. The fourth-order valence-electron chi connectivity index (χ4n) is 4.53. The molecule has 0 saturated carbocycles. The molecule has 224 valence electrons. The van der Waals surface area contributed by atoms with Gasteiger partial charge in [0.1, 0.15) is 0 Å². The van der Waals surface area contributed by atoms with Crippen LogP contribution in [0.1, 0.15) is 44.7 Å². The van der Waals surface area contributed by atoms with Crippen LogP contribution in [-0.2, 0) is 30.6 Å². The summed E-state index contributed by atoms with van der Waals surface area (Å²) in [5, 5.41) is 22.9. The molecule has 0 fully saturated rings. The first kappa shape index (κ1) is 33.2. The topological polar surface area (TPSA) is 209 Å². The maximum Gasteiger partial charge on any atom is 0.346 e. The number of sulfone groups is 1. The van der Waals surface area contributed by atoms with Crippen LogP contribution in [0, 0.1) is 12.3 Å². The first-order chi connectivity index (χ1) is 19.0. The van der Waals surface area contributed by atoms with Crippen LogP contribution >= 0.6 is 0 Å². The van der Waals surface area contributed by atoms with Crippen LogP contribution in [0.25, 0.3) is 0 Å². The summed E-state index contributed by atoms with van der Waals surface area (Å²) >= 11 is 0. The molecule has 0 aliphatic carbocycles. The third-order valence-electron chi connectivity index (χ3n) is 6.44. The van der Waals surface area contributed by atoms with Gasteiger partial charge in [-0.25, -0.2) is 13.2 Å². The molecule has 2 amide bonds. The van der Waals surface area contributed by atoms with E-state index in [1.165, 1.54) is 32.9 Å². The third-order valence-corrected chi connectivity index (χ3v) is 8.72. The first-order valence-electron chi connectivity index (χ1n) is 13.1. The van der Waals surface area contributed by atoms with E-state index in [1.807, 2.05) is 0 Å². The van der Waals surface area contributed by atoms with Crippen molar-refractivity contribution in [1.29, 1.82) is 5.41 Å². The number of hydrogen-bond donors (Lipinski definition) is 6. The molecule has 0 heterocycles. The van der Waals surface area contributed by atoms with Crippen LogP contribution < -0.4 is 22.1 Å². The Morgan fingerprint density at radius 1 is 1.02 bits per heavy atom. The Kier molecular flexibility index (Phi) is 11.0. The molecule has 0 aliphatic rings. The molecular formula is C28H40N6O6S. The molecule has 2 aromatic carbocycles. The average Bonchev–Trinajstić information content (AvgIpc) is 2.88. The fourth-order valence-corrected chi connectivity index (χ4v) is 6.62. The number of guanidine groups is 1. The summed E-state index contributed by atoms with van der Waals surface area (Å²) in [5.41, 5.74) is 11.0. The zero-order chi connectivity index (χ0) is 31.0. The largest absolute Gasteiger partial charge is 0.479 e. The van der Waals surface area contributed by atoms with Crippen molar-refractivity contribution < 1.29 is 27.9 Å². The summed E-state index contributed by atoms with van der Waals surface area (Å²) in [6, 6.07) is 12.9. The molecule has 13 heteroatoms. The van der Waals surface area contributed by atoms with Crippen molar-refractivity contribution in [2.75, 3.05) is 13.1 Å². The van der Waals surface area contributed by atoms with E-state index in [0.29, 0.717) is 18.5 Å². The highest BCUT2D eigenvalue weighted by atomic mass is 32.2. The molecule has 8 N–H and O–H groups in total. The number of nitrogens with zero attached hydrogens (tertiary/aromatic N) is 1. The molecule has 2 rings (SSSR count). The van der Waals surface area contributed by atoms with Crippen molar-refractivity contribution in [3.8, 4) is 0 Å². The van der Waals surface area contributed by atoms with Crippen molar-refractivity contribution >= 4 is 33.6 Å². The third kappa shape index (κ3) is 8.04. The van der Waals surface area contributed by atoms with Gasteiger partial charge < -0.3 is 32.1 Å². The van der Waals surface area contributed by atoms with Gasteiger partial charge in [-0.2, -0.15) is 0 Å². The lowest BCUT2D eigenvalue weighted by molar-refractivity contribution is -0.158. The standard InChI is InChI=1S/C28H40N6O6S/c1-19-12-14-21(15-13-19)41(39,40)28(25(37)38,17-20-9-6-5-7-10-20)34(27(2,3)4)23(35)18-33-24(36)22(29)11-8-16-32-26(30)31/h5-7,9-10,12-15,22H,8,11,16-18,29H2,1-4H3,(H,33,36)(H,37,38)(H4,30,31,32)/t22-,28-/m0/s1. The number of benzene rings is 2. The van der Waals surface area contributed by atoms with Gasteiger partial charge in [-0.05, 0) is 58.2 Å². The Balaban J connectivity index is 2.53. The van der Waals surface area contributed by atoms with E-state index in [1.54, 1.807) is 49.4 Å². The smallest absolute Gasteiger partial charge is 0.346 e. The van der Waals surface area contributed by atoms with Crippen LogP contribution in [0.4, 0.5) is 0 Å². The van der Waals surface area contributed by atoms with Crippen molar-refractivity contribution in [2.24, 2.45) is 11.5 Å². The minimum absolute atomic E-state index is 0.214. The van der Waals surface area contributed by atoms with Crippen molar-refractivity contribution in [3.63, 3.8) is 0 Å².